The molecule has 0 saturated heterocycles. The molecule has 146 valence electrons. The summed E-state index contributed by atoms with van der Waals surface area (Å²) in [5.41, 5.74) is 0.243. The number of amides is 2. The molecule has 27 heavy (non-hydrogen) atoms. The van der Waals surface area contributed by atoms with Crippen LogP contribution in [0.15, 0.2) is 29.6 Å². The van der Waals surface area contributed by atoms with E-state index in [2.05, 4.69) is 14.9 Å². The van der Waals surface area contributed by atoms with Gasteiger partial charge in [-0.3, -0.25) is 9.59 Å². The molecule has 2 aromatic rings. The number of nitrogens with zero attached hydrogens (tertiary/aromatic N) is 3. The molecule has 0 radical (unpaired) electrons. The molecule has 0 aliphatic carbocycles. The van der Waals surface area contributed by atoms with Crippen molar-refractivity contribution in [2.75, 3.05) is 0 Å². The fourth-order valence-electron chi connectivity index (χ4n) is 2.68. The van der Waals surface area contributed by atoms with Crippen LogP contribution >= 0.6 is 11.5 Å². The Morgan fingerprint density at radius 1 is 1.26 bits per heavy atom. The number of carbonyl (C=O) groups excluding carboxylic acids is 2. The summed E-state index contributed by atoms with van der Waals surface area (Å²) in [6.07, 6.45) is 0.643. The van der Waals surface area contributed by atoms with Crippen LogP contribution in [0, 0.1) is 5.82 Å². The number of hydrogen-bond acceptors (Lipinski definition) is 5. The van der Waals surface area contributed by atoms with Crippen molar-refractivity contribution in [1.82, 2.24) is 19.8 Å². The minimum Gasteiger partial charge on any atom is -0.349 e. The van der Waals surface area contributed by atoms with Gasteiger partial charge >= 0.3 is 0 Å². The molecule has 2 unspecified atom stereocenters. The average Bonchev–Trinajstić information content (AvgIpc) is 3.12. The molecule has 1 N–H and O–H groups in total. The number of hydrogen-bond donors (Lipinski definition) is 1. The Morgan fingerprint density at radius 3 is 2.37 bits per heavy atom. The van der Waals surface area contributed by atoms with Crippen LogP contribution < -0.4 is 5.32 Å². The number of aromatic nitrogens is 2. The molecule has 0 aliphatic heterocycles. The predicted octanol–water partition coefficient (Wildman–Crippen LogP) is 3.57. The first-order valence-corrected chi connectivity index (χ1v) is 9.65. The van der Waals surface area contributed by atoms with E-state index in [1.54, 1.807) is 5.38 Å². The molecule has 0 bridgehead atoms. The molecule has 1 aromatic carbocycles. The molecule has 0 spiro atoms. The lowest BCUT2D eigenvalue weighted by Crippen LogP contribution is -2.51. The second-order valence-electron chi connectivity index (χ2n) is 7.45. The third kappa shape index (κ3) is 5.32. The lowest BCUT2D eigenvalue weighted by molar-refractivity contribution is -0.128. The van der Waals surface area contributed by atoms with Crippen molar-refractivity contribution in [1.29, 1.82) is 0 Å². The van der Waals surface area contributed by atoms with E-state index in [9.17, 15) is 14.0 Å². The van der Waals surface area contributed by atoms with Crippen LogP contribution in [0.25, 0.3) is 0 Å². The zero-order valence-electron chi connectivity index (χ0n) is 16.2. The molecule has 1 heterocycles. The number of carbonyl (C=O) groups is 2. The molecular weight excluding hydrogens is 367 g/mol. The first-order chi connectivity index (χ1) is 12.6. The Bertz CT molecular complexity index is 772. The van der Waals surface area contributed by atoms with Gasteiger partial charge in [0.25, 0.3) is 5.91 Å². The number of rotatable bonds is 6. The van der Waals surface area contributed by atoms with Gasteiger partial charge in [0.05, 0.1) is 0 Å². The Morgan fingerprint density at radius 2 is 1.89 bits per heavy atom. The van der Waals surface area contributed by atoms with Crippen LogP contribution in [0.3, 0.4) is 0 Å². The van der Waals surface area contributed by atoms with Gasteiger partial charge in [0.15, 0.2) is 5.69 Å². The number of halogens is 1. The molecular formula is C19H25FN4O2S. The quantitative estimate of drug-likeness (QED) is 0.815. The Labute approximate surface area is 162 Å². The normalized spacial score (nSPS) is 13.7. The molecule has 6 nitrogen and oxygen atoms in total. The van der Waals surface area contributed by atoms with Crippen LogP contribution in [0.4, 0.5) is 4.39 Å². The first-order valence-electron chi connectivity index (χ1n) is 8.81. The Kier molecular flexibility index (Phi) is 6.64. The molecule has 0 fully saturated rings. The van der Waals surface area contributed by atoms with Crippen molar-refractivity contribution in [2.45, 2.75) is 58.7 Å². The second-order valence-corrected chi connectivity index (χ2v) is 8.06. The summed E-state index contributed by atoms with van der Waals surface area (Å²) in [6, 6.07) is 4.50. The lowest BCUT2D eigenvalue weighted by atomic mass is 9.99. The topological polar surface area (TPSA) is 75.2 Å². The zero-order chi connectivity index (χ0) is 20.2. The third-order valence-corrected chi connectivity index (χ3v) is 4.59. The number of nitrogens with one attached hydrogen (secondary N) is 1. The minimum absolute atomic E-state index is 0.191. The highest BCUT2D eigenvalue weighted by Gasteiger charge is 2.36. The van der Waals surface area contributed by atoms with E-state index in [0.29, 0.717) is 12.0 Å². The van der Waals surface area contributed by atoms with Crippen molar-refractivity contribution >= 4 is 23.3 Å². The van der Waals surface area contributed by atoms with Crippen molar-refractivity contribution in [3.05, 3.63) is 46.7 Å². The van der Waals surface area contributed by atoms with Crippen molar-refractivity contribution in [3.8, 4) is 0 Å². The van der Waals surface area contributed by atoms with Gasteiger partial charge in [-0.15, -0.1) is 5.10 Å². The summed E-state index contributed by atoms with van der Waals surface area (Å²) < 4.78 is 17.2. The predicted molar refractivity (Wildman–Crippen MR) is 103 cm³/mol. The fourth-order valence-corrected chi connectivity index (χ4v) is 3.11. The number of benzene rings is 1. The molecule has 0 saturated carbocycles. The summed E-state index contributed by atoms with van der Waals surface area (Å²) in [7, 11) is 0. The van der Waals surface area contributed by atoms with Gasteiger partial charge in [-0.1, -0.05) is 23.5 Å². The van der Waals surface area contributed by atoms with Crippen LogP contribution in [0.1, 0.15) is 63.1 Å². The summed E-state index contributed by atoms with van der Waals surface area (Å²) in [6.45, 7) is 9.41. The first kappa shape index (κ1) is 21.0. The van der Waals surface area contributed by atoms with E-state index in [1.165, 1.54) is 29.2 Å². The summed E-state index contributed by atoms with van der Waals surface area (Å²) in [5, 5.41) is 8.35. The Hall–Kier alpha value is -2.35. The van der Waals surface area contributed by atoms with Crippen LogP contribution in [-0.2, 0) is 4.79 Å². The maximum atomic E-state index is 13.4. The largest absolute Gasteiger partial charge is 0.349 e. The van der Waals surface area contributed by atoms with Gasteiger partial charge in [0.1, 0.15) is 11.9 Å². The van der Waals surface area contributed by atoms with Gasteiger partial charge in [-0.05, 0) is 63.3 Å². The van der Waals surface area contributed by atoms with Gasteiger partial charge < -0.3 is 10.2 Å². The molecule has 1 aromatic heterocycles. The second kappa shape index (κ2) is 8.56. The smallest absolute Gasteiger partial charge is 0.276 e. The van der Waals surface area contributed by atoms with Gasteiger partial charge in [-0.2, -0.15) is 0 Å². The minimum atomic E-state index is -0.908. The van der Waals surface area contributed by atoms with E-state index in [-0.39, 0.29) is 23.6 Å². The van der Waals surface area contributed by atoms with Crippen molar-refractivity contribution in [2.24, 2.45) is 0 Å². The average molecular weight is 393 g/mol. The van der Waals surface area contributed by atoms with E-state index in [1.807, 2.05) is 34.6 Å². The highest BCUT2D eigenvalue weighted by atomic mass is 32.1. The molecule has 8 heteroatoms. The Balaban J connectivity index is 2.53. The monoisotopic (exact) mass is 392 g/mol. The maximum absolute atomic E-state index is 13.4. The highest BCUT2D eigenvalue weighted by molar-refractivity contribution is 7.03. The summed E-state index contributed by atoms with van der Waals surface area (Å²) >= 11 is 1.07. The van der Waals surface area contributed by atoms with E-state index >= 15 is 0 Å². The summed E-state index contributed by atoms with van der Waals surface area (Å²) in [5.74, 6) is -1.11. The third-order valence-electron chi connectivity index (χ3n) is 4.09. The molecule has 2 rings (SSSR count). The molecule has 2 atom stereocenters. The van der Waals surface area contributed by atoms with Crippen molar-refractivity contribution in [3.63, 3.8) is 0 Å². The molecule has 2 amide bonds. The summed E-state index contributed by atoms with van der Waals surface area (Å²) in [4.78, 5) is 27.8. The zero-order valence-corrected chi connectivity index (χ0v) is 17.0. The van der Waals surface area contributed by atoms with E-state index in [4.69, 9.17) is 0 Å². The van der Waals surface area contributed by atoms with E-state index in [0.717, 1.165) is 11.5 Å². The van der Waals surface area contributed by atoms with Gasteiger partial charge in [0.2, 0.25) is 5.91 Å². The van der Waals surface area contributed by atoms with Crippen LogP contribution in [-0.4, -0.2) is 37.9 Å². The maximum Gasteiger partial charge on any atom is 0.276 e. The fraction of sp³-hybridized carbons (Fsp3) is 0.474. The van der Waals surface area contributed by atoms with Gasteiger partial charge in [0, 0.05) is 17.0 Å². The van der Waals surface area contributed by atoms with Crippen LogP contribution in [0.5, 0.6) is 0 Å². The standard InChI is InChI=1S/C19H25FN4O2S/c1-6-12(2)24(18(26)15-11-27-23-22-15)16(17(25)21-19(3,4)5)13-7-9-14(20)10-8-13/h7-12,16H,6H2,1-5H3,(H,21,25). The van der Waals surface area contributed by atoms with Gasteiger partial charge in [-0.25, -0.2) is 4.39 Å². The van der Waals surface area contributed by atoms with E-state index < -0.39 is 17.4 Å². The van der Waals surface area contributed by atoms with Crippen molar-refractivity contribution < 1.29 is 14.0 Å². The van der Waals surface area contributed by atoms with Crippen LogP contribution in [0.2, 0.25) is 0 Å². The molecule has 0 aliphatic rings. The highest BCUT2D eigenvalue weighted by Crippen LogP contribution is 2.27. The SMILES string of the molecule is CCC(C)N(C(=O)c1csnn1)C(C(=O)NC(C)(C)C)c1ccc(F)cc1. The lowest BCUT2D eigenvalue weighted by Gasteiger charge is -2.36.